The second-order valence-corrected chi connectivity index (χ2v) is 8.30. The van der Waals surface area contributed by atoms with Crippen molar-refractivity contribution in [3.05, 3.63) is 29.8 Å². The van der Waals surface area contributed by atoms with E-state index in [0.717, 1.165) is 17.1 Å². The van der Waals surface area contributed by atoms with Crippen LogP contribution in [0.5, 0.6) is 5.75 Å². The molecule has 152 valence electrons. The molecule has 1 amide bonds. The molecule has 0 heterocycles. The van der Waals surface area contributed by atoms with E-state index in [1.54, 1.807) is 25.8 Å². The van der Waals surface area contributed by atoms with Gasteiger partial charge in [-0.15, -0.1) is 0 Å². The fourth-order valence-corrected chi connectivity index (χ4v) is 3.39. The zero-order valence-corrected chi connectivity index (χ0v) is 17.7. The summed E-state index contributed by atoms with van der Waals surface area (Å²) < 4.78 is 15.5. The summed E-state index contributed by atoms with van der Waals surface area (Å²) in [5.74, 6) is 1.36. The lowest BCUT2D eigenvalue weighted by molar-refractivity contribution is -0.143. The number of methoxy groups -OCH3 is 1. The molecule has 0 aliphatic carbocycles. The number of thioether (sulfide) groups is 1. The Morgan fingerprint density at radius 3 is 2.41 bits per heavy atom. The SMILES string of the molecule is CCOC(=O)CC(CCNC(=O)OC(C)(C)C)SCc1ccc(OC)cc1. The lowest BCUT2D eigenvalue weighted by atomic mass is 10.2. The minimum atomic E-state index is -0.530. The Labute approximate surface area is 166 Å². The van der Waals surface area contributed by atoms with Crippen LogP contribution in [0.15, 0.2) is 24.3 Å². The van der Waals surface area contributed by atoms with Gasteiger partial charge >= 0.3 is 12.1 Å². The molecule has 1 unspecified atom stereocenters. The van der Waals surface area contributed by atoms with Gasteiger partial charge in [-0.2, -0.15) is 11.8 Å². The van der Waals surface area contributed by atoms with Crippen LogP contribution in [0, 0.1) is 0 Å². The molecule has 0 saturated heterocycles. The molecule has 0 fully saturated rings. The van der Waals surface area contributed by atoms with Crippen LogP contribution in [-0.2, 0) is 20.0 Å². The standard InChI is InChI=1S/C20H31NO5S/c1-6-25-18(22)13-17(11-12-21-19(23)26-20(2,3)4)27-14-15-7-9-16(24-5)10-8-15/h7-10,17H,6,11-14H2,1-5H3,(H,21,23). The van der Waals surface area contributed by atoms with Gasteiger partial charge in [0.15, 0.2) is 0 Å². The Morgan fingerprint density at radius 1 is 1.19 bits per heavy atom. The summed E-state index contributed by atoms with van der Waals surface area (Å²) >= 11 is 1.67. The Bertz CT molecular complexity index is 583. The average molecular weight is 398 g/mol. The Hall–Kier alpha value is -1.89. The van der Waals surface area contributed by atoms with Crippen molar-refractivity contribution < 1.29 is 23.8 Å². The number of hydrogen-bond acceptors (Lipinski definition) is 6. The monoisotopic (exact) mass is 397 g/mol. The number of benzene rings is 1. The zero-order valence-electron chi connectivity index (χ0n) is 16.9. The highest BCUT2D eigenvalue weighted by atomic mass is 32.2. The van der Waals surface area contributed by atoms with Gasteiger partial charge in [0, 0.05) is 17.5 Å². The van der Waals surface area contributed by atoms with Crippen molar-refractivity contribution in [2.75, 3.05) is 20.3 Å². The van der Waals surface area contributed by atoms with Crippen LogP contribution in [-0.4, -0.2) is 43.2 Å². The number of carbonyl (C=O) groups excluding carboxylic acids is 2. The predicted octanol–water partition coefficient (Wildman–Crippen LogP) is 4.17. The van der Waals surface area contributed by atoms with Crippen LogP contribution in [0.2, 0.25) is 0 Å². The van der Waals surface area contributed by atoms with E-state index < -0.39 is 11.7 Å². The zero-order chi connectivity index (χ0) is 20.3. The molecule has 0 bridgehead atoms. The number of rotatable bonds is 10. The summed E-state index contributed by atoms with van der Waals surface area (Å²) in [5, 5.41) is 2.79. The van der Waals surface area contributed by atoms with Gasteiger partial charge in [0.25, 0.3) is 0 Å². The Kier molecular flexibility index (Phi) is 10.1. The lowest BCUT2D eigenvalue weighted by Crippen LogP contribution is -2.34. The highest BCUT2D eigenvalue weighted by Crippen LogP contribution is 2.24. The van der Waals surface area contributed by atoms with Gasteiger partial charge in [0.2, 0.25) is 0 Å². The van der Waals surface area contributed by atoms with Gasteiger partial charge in [-0.1, -0.05) is 12.1 Å². The maximum Gasteiger partial charge on any atom is 0.407 e. The lowest BCUT2D eigenvalue weighted by Gasteiger charge is -2.20. The van der Waals surface area contributed by atoms with Crippen LogP contribution in [0.4, 0.5) is 4.79 Å². The summed E-state index contributed by atoms with van der Waals surface area (Å²) in [4.78, 5) is 23.6. The molecule has 0 spiro atoms. The van der Waals surface area contributed by atoms with Crippen LogP contribution < -0.4 is 10.1 Å². The van der Waals surface area contributed by atoms with Crippen molar-refractivity contribution in [2.45, 2.75) is 57.1 Å². The van der Waals surface area contributed by atoms with Crippen LogP contribution in [0.25, 0.3) is 0 Å². The molecular weight excluding hydrogens is 366 g/mol. The molecule has 6 nitrogen and oxygen atoms in total. The summed E-state index contributed by atoms with van der Waals surface area (Å²) in [7, 11) is 1.64. The van der Waals surface area contributed by atoms with Gasteiger partial charge in [0.1, 0.15) is 11.4 Å². The van der Waals surface area contributed by atoms with Crippen LogP contribution in [0.1, 0.15) is 46.1 Å². The normalized spacial score (nSPS) is 12.2. The third-order valence-corrected chi connectivity index (χ3v) is 4.85. The van der Waals surface area contributed by atoms with Gasteiger partial charge in [-0.05, 0) is 51.8 Å². The highest BCUT2D eigenvalue weighted by molar-refractivity contribution is 7.99. The second kappa shape index (κ2) is 11.7. The second-order valence-electron chi connectivity index (χ2n) is 7.01. The third kappa shape index (κ3) is 10.8. The summed E-state index contributed by atoms with van der Waals surface area (Å²) in [6, 6.07) is 7.85. The van der Waals surface area contributed by atoms with Crippen molar-refractivity contribution >= 4 is 23.8 Å². The number of carbonyl (C=O) groups is 2. The molecule has 0 aliphatic heterocycles. The van der Waals surface area contributed by atoms with Gasteiger partial charge < -0.3 is 19.5 Å². The minimum absolute atomic E-state index is 0.0427. The van der Waals surface area contributed by atoms with Crippen molar-refractivity contribution in [1.82, 2.24) is 5.32 Å². The summed E-state index contributed by atoms with van der Waals surface area (Å²) in [6.45, 7) is 8.06. The molecule has 7 heteroatoms. The van der Waals surface area contributed by atoms with E-state index in [1.165, 1.54) is 0 Å². The largest absolute Gasteiger partial charge is 0.497 e. The van der Waals surface area contributed by atoms with E-state index in [4.69, 9.17) is 14.2 Å². The molecule has 0 radical (unpaired) electrons. The molecule has 1 atom stereocenters. The highest BCUT2D eigenvalue weighted by Gasteiger charge is 2.18. The van der Waals surface area contributed by atoms with E-state index in [-0.39, 0.29) is 11.2 Å². The van der Waals surface area contributed by atoms with Gasteiger partial charge in [-0.25, -0.2) is 4.79 Å². The smallest absolute Gasteiger partial charge is 0.407 e. The molecule has 0 aliphatic rings. The number of hydrogen-bond donors (Lipinski definition) is 1. The number of ether oxygens (including phenoxy) is 3. The molecule has 27 heavy (non-hydrogen) atoms. The fourth-order valence-electron chi connectivity index (χ4n) is 2.24. The Morgan fingerprint density at radius 2 is 1.85 bits per heavy atom. The van der Waals surface area contributed by atoms with Crippen LogP contribution in [0.3, 0.4) is 0 Å². The van der Waals surface area contributed by atoms with Crippen molar-refractivity contribution in [3.63, 3.8) is 0 Å². The van der Waals surface area contributed by atoms with Gasteiger partial charge in [-0.3, -0.25) is 4.79 Å². The average Bonchev–Trinajstić information content (AvgIpc) is 2.58. The number of amides is 1. The molecule has 1 aromatic carbocycles. The first-order valence-corrected chi connectivity index (χ1v) is 10.2. The van der Waals surface area contributed by atoms with Gasteiger partial charge in [0.05, 0.1) is 20.1 Å². The first-order valence-electron chi connectivity index (χ1n) is 9.10. The van der Waals surface area contributed by atoms with Crippen molar-refractivity contribution in [2.24, 2.45) is 0 Å². The summed E-state index contributed by atoms with van der Waals surface area (Å²) in [5.41, 5.74) is 0.618. The molecule has 1 N–H and O–H groups in total. The minimum Gasteiger partial charge on any atom is -0.497 e. The molecule has 0 saturated carbocycles. The third-order valence-electron chi connectivity index (χ3n) is 3.48. The topological polar surface area (TPSA) is 73.9 Å². The van der Waals surface area contributed by atoms with E-state index in [2.05, 4.69) is 5.32 Å². The first kappa shape index (κ1) is 23.1. The Balaban J connectivity index is 2.53. The molecule has 1 rings (SSSR count). The quantitative estimate of drug-likeness (QED) is 0.598. The van der Waals surface area contributed by atoms with Crippen LogP contribution >= 0.6 is 11.8 Å². The number of alkyl carbamates (subject to hydrolysis) is 1. The van der Waals surface area contributed by atoms with Crippen molar-refractivity contribution in [1.29, 1.82) is 0 Å². The fraction of sp³-hybridized carbons (Fsp3) is 0.600. The maximum absolute atomic E-state index is 11.9. The van der Waals surface area contributed by atoms with E-state index >= 15 is 0 Å². The number of esters is 1. The van der Waals surface area contributed by atoms with E-state index in [9.17, 15) is 9.59 Å². The molecular formula is C20H31NO5S. The maximum atomic E-state index is 11.9. The predicted molar refractivity (Wildman–Crippen MR) is 108 cm³/mol. The number of nitrogens with one attached hydrogen (secondary N) is 1. The summed E-state index contributed by atoms with van der Waals surface area (Å²) in [6.07, 6.45) is 0.515. The molecule has 0 aromatic heterocycles. The van der Waals surface area contributed by atoms with E-state index in [0.29, 0.717) is 26.0 Å². The first-order chi connectivity index (χ1) is 12.7. The molecule has 1 aromatic rings. The van der Waals surface area contributed by atoms with Crippen molar-refractivity contribution in [3.8, 4) is 5.75 Å². The van der Waals surface area contributed by atoms with E-state index in [1.807, 2.05) is 45.0 Å².